The molecule has 144 valence electrons. The third-order valence-electron chi connectivity index (χ3n) is 4.64. The number of carbonyl (C=O) groups excluding carboxylic acids is 2. The second-order valence-electron chi connectivity index (χ2n) is 6.97. The molecule has 6 nitrogen and oxygen atoms in total. The van der Waals surface area contributed by atoms with Gasteiger partial charge in [-0.2, -0.15) is 5.26 Å². The van der Waals surface area contributed by atoms with E-state index >= 15 is 0 Å². The van der Waals surface area contributed by atoms with Crippen molar-refractivity contribution in [1.82, 2.24) is 5.32 Å². The number of rotatable bonds is 6. The Morgan fingerprint density at radius 2 is 1.79 bits per heavy atom. The molecule has 0 saturated heterocycles. The van der Waals surface area contributed by atoms with Crippen LogP contribution in [0.15, 0.2) is 60.7 Å². The van der Waals surface area contributed by atoms with Crippen molar-refractivity contribution >= 4 is 28.3 Å². The third kappa shape index (κ3) is 4.53. The summed E-state index contributed by atoms with van der Waals surface area (Å²) < 4.78 is 5.71. The van der Waals surface area contributed by atoms with Crippen molar-refractivity contribution in [3.63, 3.8) is 0 Å². The summed E-state index contributed by atoms with van der Waals surface area (Å²) in [4.78, 5) is 24.9. The highest BCUT2D eigenvalue weighted by molar-refractivity contribution is 6.08. The summed E-state index contributed by atoms with van der Waals surface area (Å²) in [5, 5.41) is 16.5. The average Bonchev–Trinajstić information content (AvgIpc) is 3.55. The predicted octanol–water partition coefficient (Wildman–Crippen LogP) is 3.62. The van der Waals surface area contributed by atoms with Crippen LogP contribution in [-0.4, -0.2) is 24.5 Å². The van der Waals surface area contributed by atoms with Gasteiger partial charge >= 0.3 is 0 Å². The van der Waals surface area contributed by atoms with Gasteiger partial charge in [0.1, 0.15) is 5.75 Å². The van der Waals surface area contributed by atoms with Crippen LogP contribution in [0.1, 0.15) is 28.8 Å². The van der Waals surface area contributed by atoms with E-state index in [1.807, 2.05) is 30.3 Å². The number of nitrogens with one attached hydrogen (secondary N) is 2. The van der Waals surface area contributed by atoms with Crippen LogP contribution in [0.25, 0.3) is 10.8 Å². The zero-order valence-corrected chi connectivity index (χ0v) is 15.6. The van der Waals surface area contributed by atoms with Gasteiger partial charge in [0.2, 0.25) is 0 Å². The van der Waals surface area contributed by atoms with Crippen LogP contribution >= 0.6 is 0 Å². The van der Waals surface area contributed by atoms with E-state index in [9.17, 15) is 9.59 Å². The molecule has 29 heavy (non-hydrogen) atoms. The quantitative estimate of drug-likeness (QED) is 0.678. The van der Waals surface area contributed by atoms with Gasteiger partial charge in [0.15, 0.2) is 6.61 Å². The number of hydrogen-bond acceptors (Lipinski definition) is 4. The molecule has 1 aliphatic rings. The largest absolute Gasteiger partial charge is 0.483 e. The first kappa shape index (κ1) is 18.5. The van der Waals surface area contributed by atoms with E-state index in [1.54, 1.807) is 36.4 Å². The van der Waals surface area contributed by atoms with Gasteiger partial charge < -0.3 is 15.4 Å². The highest BCUT2D eigenvalue weighted by Crippen LogP contribution is 2.27. The molecule has 0 heterocycles. The molecule has 1 saturated carbocycles. The van der Waals surface area contributed by atoms with Crippen LogP contribution in [0, 0.1) is 11.3 Å². The van der Waals surface area contributed by atoms with E-state index in [0.717, 1.165) is 23.6 Å². The Morgan fingerprint density at radius 3 is 2.52 bits per heavy atom. The van der Waals surface area contributed by atoms with Crippen LogP contribution in [0.3, 0.4) is 0 Å². The van der Waals surface area contributed by atoms with E-state index < -0.39 is 0 Å². The highest BCUT2D eigenvalue weighted by Gasteiger charge is 2.23. The summed E-state index contributed by atoms with van der Waals surface area (Å²) in [6.45, 7) is -0.154. The standard InChI is InChI=1S/C23H19N3O3/c24-13-15-4-3-7-19(10-15)26-23(28)20-11-16-5-1-2-6-17(16)12-21(20)29-14-22(27)25-18-8-9-18/h1-7,10-12,18H,8-9,14H2,(H,25,27)(H,26,28). The molecule has 1 fully saturated rings. The van der Waals surface area contributed by atoms with E-state index in [-0.39, 0.29) is 24.5 Å². The van der Waals surface area contributed by atoms with Crippen molar-refractivity contribution in [2.24, 2.45) is 0 Å². The number of ether oxygens (including phenoxy) is 1. The first-order valence-corrected chi connectivity index (χ1v) is 9.39. The Bertz CT molecular complexity index is 1130. The summed E-state index contributed by atoms with van der Waals surface area (Å²) in [6, 6.07) is 20.1. The number of anilines is 1. The lowest BCUT2D eigenvalue weighted by Gasteiger charge is -2.13. The molecule has 3 aromatic carbocycles. The fraction of sp³-hybridized carbons (Fsp3) is 0.174. The Balaban J connectivity index is 1.60. The van der Waals surface area contributed by atoms with Crippen molar-refractivity contribution in [3.05, 3.63) is 71.8 Å². The normalized spacial score (nSPS) is 12.8. The van der Waals surface area contributed by atoms with E-state index in [0.29, 0.717) is 22.6 Å². The molecule has 2 N–H and O–H groups in total. The second kappa shape index (κ2) is 8.03. The maximum Gasteiger partial charge on any atom is 0.259 e. The fourth-order valence-corrected chi connectivity index (χ4v) is 3.02. The number of nitriles is 1. The number of amides is 2. The van der Waals surface area contributed by atoms with Crippen molar-refractivity contribution in [3.8, 4) is 11.8 Å². The van der Waals surface area contributed by atoms with Crippen LogP contribution in [0.2, 0.25) is 0 Å². The first-order chi connectivity index (χ1) is 14.1. The van der Waals surface area contributed by atoms with Gasteiger partial charge in [-0.1, -0.05) is 30.3 Å². The number of benzene rings is 3. The lowest BCUT2D eigenvalue weighted by molar-refractivity contribution is -0.123. The SMILES string of the molecule is N#Cc1cccc(NC(=O)c2cc3ccccc3cc2OCC(=O)NC2CC2)c1. The molecule has 1 aliphatic carbocycles. The van der Waals surface area contributed by atoms with Crippen molar-refractivity contribution in [1.29, 1.82) is 5.26 Å². The number of nitrogens with zero attached hydrogens (tertiary/aromatic N) is 1. The molecular weight excluding hydrogens is 366 g/mol. The topological polar surface area (TPSA) is 91.2 Å². The molecule has 6 heteroatoms. The molecule has 0 aromatic heterocycles. The first-order valence-electron chi connectivity index (χ1n) is 9.39. The average molecular weight is 385 g/mol. The summed E-state index contributed by atoms with van der Waals surface area (Å²) in [6.07, 6.45) is 1.99. The molecule has 4 rings (SSSR count). The lowest BCUT2D eigenvalue weighted by Crippen LogP contribution is -2.30. The van der Waals surface area contributed by atoms with Crippen molar-refractivity contribution in [2.75, 3.05) is 11.9 Å². The monoisotopic (exact) mass is 385 g/mol. The van der Waals surface area contributed by atoms with E-state index in [1.165, 1.54) is 0 Å². The van der Waals surface area contributed by atoms with E-state index in [4.69, 9.17) is 10.00 Å². The summed E-state index contributed by atoms with van der Waals surface area (Å²) in [5.41, 5.74) is 1.29. The lowest BCUT2D eigenvalue weighted by atomic mass is 10.0. The molecule has 2 amide bonds. The van der Waals surface area contributed by atoms with Crippen molar-refractivity contribution < 1.29 is 14.3 Å². The molecule has 3 aromatic rings. The van der Waals surface area contributed by atoms with Crippen molar-refractivity contribution in [2.45, 2.75) is 18.9 Å². The summed E-state index contributed by atoms with van der Waals surface area (Å²) >= 11 is 0. The number of fused-ring (bicyclic) bond motifs is 1. The Labute approximate surface area is 168 Å². The van der Waals surface area contributed by atoms with Gasteiger partial charge in [-0.15, -0.1) is 0 Å². The van der Waals surface area contributed by atoms with Gasteiger partial charge in [0.25, 0.3) is 11.8 Å². The van der Waals surface area contributed by atoms with Crippen LogP contribution < -0.4 is 15.4 Å². The molecule has 0 spiro atoms. The molecule has 0 bridgehead atoms. The van der Waals surface area contributed by atoms with Gasteiger partial charge in [-0.25, -0.2) is 0 Å². The molecular formula is C23H19N3O3. The molecule has 0 unspecified atom stereocenters. The highest BCUT2D eigenvalue weighted by atomic mass is 16.5. The molecule has 0 aliphatic heterocycles. The van der Waals surface area contributed by atoms with Gasteiger partial charge in [-0.05, 0) is 53.9 Å². The molecule has 0 radical (unpaired) electrons. The fourth-order valence-electron chi connectivity index (χ4n) is 3.02. The Kier molecular flexibility index (Phi) is 5.12. The minimum absolute atomic E-state index is 0.154. The third-order valence-corrected chi connectivity index (χ3v) is 4.64. The van der Waals surface area contributed by atoms with E-state index in [2.05, 4.69) is 10.6 Å². The maximum atomic E-state index is 12.9. The Hall–Kier alpha value is -3.85. The summed E-state index contributed by atoms with van der Waals surface area (Å²) in [7, 11) is 0. The van der Waals surface area contributed by atoms with Gasteiger partial charge in [0, 0.05) is 11.7 Å². The van der Waals surface area contributed by atoms with Gasteiger partial charge in [-0.3, -0.25) is 9.59 Å². The molecule has 0 atom stereocenters. The van der Waals surface area contributed by atoms with Crippen LogP contribution in [0.5, 0.6) is 5.75 Å². The summed E-state index contributed by atoms with van der Waals surface area (Å²) in [5.74, 6) is -0.235. The maximum absolute atomic E-state index is 12.9. The van der Waals surface area contributed by atoms with Crippen LogP contribution in [-0.2, 0) is 4.79 Å². The smallest absolute Gasteiger partial charge is 0.259 e. The minimum atomic E-state index is -0.372. The number of carbonyl (C=O) groups is 2. The number of hydrogen-bond donors (Lipinski definition) is 2. The van der Waals surface area contributed by atoms with Gasteiger partial charge in [0.05, 0.1) is 17.2 Å². The minimum Gasteiger partial charge on any atom is -0.483 e. The Morgan fingerprint density at radius 1 is 1.03 bits per heavy atom. The predicted molar refractivity (Wildman–Crippen MR) is 110 cm³/mol. The van der Waals surface area contributed by atoms with Crippen LogP contribution in [0.4, 0.5) is 5.69 Å². The zero-order valence-electron chi connectivity index (χ0n) is 15.6. The zero-order chi connectivity index (χ0) is 20.2. The second-order valence-corrected chi connectivity index (χ2v) is 6.97.